The van der Waals surface area contributed by atoms with Gasteiger partial charge in [0.05, 0.1) is 17.8 Å². The molecule has 0 aromatic carbocycles. The van der Waals surface area contributed by atoms with E-state index in [0.29, 0.717) is 11.6 Å². The topological polar surface area (TPSA) is 114 Å². The molecule has 142 valence electrons. The predicted octanol–water partition coefficient (Wildman–Crippen LogP) is 1.75. The van der Waals surface area contributed by atoms with E-state index in [9.17, 15) is 9.59 Å². The second kappa shape index (κ2) is 7.15. The number of carbonyl (C=O) groups excluding carboxylic acids is 2. The molecule has 2 bridgehead atoms. The van der Waals surface area contributed by atoms with Gasteiger partial charge in [-0.15, -0.1) is 0 Å². The van der Waals surface area contributed by atoms with E-state index in [-0.39, 0.29) is 17.8 Å². The Labute approximate surface area is 162 Å². The lowest BCUT2D eigenvalue weighted by atomic mass is 10.1. The van der Waals surface area contributed by atoms with Gasteiger partial charge in [0, 0.05) is 19.3 Å². The average molecular weight is 377 g/mol. The van der Waals surface area contributed by atoms with Crippen molar-refractivity contribution < 1.29 is 9.59 Å². The Bertz CT molecular complexity index is 956. The molecule has 9 heteroatoms. The summed E-state index contributed by atoms with van der Waals surface area (Å²) in [6, 6.07) is 9.66. The molecule has 4 heterocycles. The van der Waals surface area contributed by atoms with Gasteiger partial charge in [-0.25, -0.2) is 14.8 Å². The van der Waals surface area contributed by atoms with Crippen LogP contribution in [0.1, 0.15) is 23.8 Å². The molecular formula is C19H19N7O2. The monoisotopic (exact) mass is 377 g/mol. The Morgan fingerprint density at radius 2 is 2.18 bits per heavy atom. The fourth-order valence-corrected chi connectivity index (χ4v) is 3.51. The molecule has 1 saturated heterocycles. The lowest BCUT2D eigenvalue weighted by Gasteiger charge is -2.35. The minimum absolute atomic E-state index is 0.0277. The molecule has 1 fully saturated rings. The summed E-state index contributed by atoms with van der Waals surface area (Å²) in [6.07, 6.45) is 2.42. The normalized spacial score (nSPS) is 18.1. The number of nitriles is 1. The summed E-state index contributed by atoms with van der Waals surface area (Å²) in [7, 11) is 0. The van der Waals surface area contributed by atoms with Crippen molar-refractivity contribution >= 4 is 29.3 Å². The van der Waals surface area contributed by atoms with Crippen molar-refractivity contribution in [2.75, 3.05) is 28.2 Å². The van der Waals surface area contributed by atoms with E-state index in [1.54, 1.807) is 48.4 Å². The van der Waals surface area contributed by atoms with Crippen LogP contribution in [-0.2, 0) is 0 Å². The van der Waals surface area contributed by atoms with Crippen molar-refractivity contribution in [3.8, 4) is 6.07 Å². The van der Waals surface area contributed by atoms with Crippen LogP contribution in [0.2, 0.25) is 0 Å². The summed E-state index contributed by atoms with van der Waals surface area (Å²) < 4.78 is 0. The first-order chi connectivity index (χ1) is 13.6. The molecule has 0 radical (unpaired) electrons. The van der Waals surface area contributed by atoms with Crippen molar-refractivity contribution in [3.05, 3.63) is 42.2 Å². The van der Waals surface area contributed by atoms with Crippen LogP contribution in [0.25, 0.3) is 0 Å². The van der Waals surface area contributed by atoms with Crippen LogP contribution in [0.15, 0.2) is 36.5 Å². The number of pyridine rings is 2. The van der Waals surface area contributed by atoms with Crippen LogP contribution in [0.4, 0.5) is 22.1 Å². The van der Waals surface area contributed by atoms with Gasteiger partial charge in [0.2, 0.25) is 0 Å². The zero-order chi connectivity index (χ0) is 19.7. The van der Waals surface area contributed by atoms with E-state index in [4.69, 9.17) is 5.26 Å². The van der Waals surface area contributed by atoms with Crippen molar-refractivity contribution in [2.24, 2.45) is 0 Å². The van der Waals surface area contributed by atoms with Crippen molar-refractivity contribution in [1.82, 2.24) is 15.3 Å². The molecule has 0 spiro atoms. The van der Waals surface area contributed by atoms with E-state index < -0.39 is 11.9 Å². The summed E-state index contributed by atoms with van der Waals surface area (Å²) in [5.74, 6) is 0.445. The Kier molecular flexibility index (Phi) is 4.53. The second-order valence-electron chi connectivity index (χ2n) is 6.77. The molecule has 2 N–H and O–H groups in total. The van der Waals surface area contributed by atoms with Gasteiger partial charge >= 0.3 is 6.03 Å². The minimum atomic E-state index is -0.631. The zero-order valence-electron chi connectivity index (χ0n) is 15.3. The number of carbonyl (C=O) groups is 2. The summed E-state index contributed by atoms with van der Waals surface area (Å²) >= 11 is 0. The van der Waals surface area contributed by atoms with Crippen LogP contribution >= 0.6 is 0 Å². The van der Waals surface area contributed by atoms with Crippen LogP contribution in [0.3, 0.4) is 0 Å². The molecule has 28 heavy (non-hydrogen) atoms. The number of nitrogens with one attached hydrogen (secondary N) is 2. The smallest absolute Gasteiger partial charge is 0.329 e. The van der Waals surface area contributed by atoms with Gasteiger partial charge in [0.1, 0.15) is 17.6 Å². The van der Waals surface area contributed by atoms with Gasteiger partial charge in [-0.3, -0.25) is 15.0 Å². The number of fused-ring (bicyclic) bond motifs is 4. The molecule has 0 saturated carbocycles. The number of nitrogens with zero attached hydrogens (tertiary/aromatic N) is 5. The van der Waals surface area contributed by atoms with Gasteiger partial charge in [0.25, 0.3) is 5.91 Å². The first kappa shape index (κ1) is 17.7. The standard InChI is InChI=1S/C19H19N7O2/c1-12(10-20)22-18(27)14-5-6-15-17(23-14)26(13-7-9-25(15)11-13)19(28)24-16-4-2-3-8-21-16/h2-6,8,12-13H,7,9,11H2,1H3,(H,22,27)(H,21,24,28). The highest BCUT2D eigenvalue weighted by Crippen LogP contribution is 2.39. The number of rotatable bonds is 3. The number of amides is 3. The largest absolute Gasteiger partial charge is 0.366 e. The van der Waals surface area contributed by atoms with E-state index in [0.717, 1.165) is 25.2 Å². The number of hydrogen-bond acceptors (Lipinski definition) is 6. The molecule has 2 atom stereocenters. The maximum atomic E-state index is 13.0. The van der Waals surface area contributed by atoms with Crippen LogP contribution in [0.5, 0.6) is 0 Å². The van der Waals surface area contributed by atoms with Gasteiger partial charge in [-0.05, 0) is 37.6 Å². The SMILES string of the molecule is CC(C#N)NC(=O)c1ccc2c(n1)N(C(=O)Nc1ccccn1)C1CCN2C1. The molecule has 0 aliphatic carbocycles. The first-order valence-electron chi connectivity index (χ1n) is 9.04. The Morgan fingerprint density at radius 1 is 1.32 bits per heavy atom. The third-order valence-corrected chi connectivity index (χ3v) is 4.84. The fourth-order valence-electron chi connectivity index (χ4n) is 3.51. The summed E-state index contributed by atoms with van der Waals surface area (Å²) in [4.78, 5) is 37.7. The number of aromatic nitrogens is 2. The zero-order valence-corrected chi connectivity index (χ0v) is 15.3. The van der Waals surface area contributed by atoms with E-state index in [1.165, 1.54) is 0 Å². The Morgan fingerprint density at radius 3 is 2.93 bits per heavy atom. The molecular weight excluding hydrogens is 358 g/mol. The lowest BCUT2D eigenvalue weighted by molar-refractivity contribution is 0.0943. The molecule has 4 rings (SSSR count). The van der Waals surface area contributed by atoms with Gasteiger partial charge < -0.3 is 10.2 Å². The first-order valence-corrected chi connectivity index (χ1v) is 9.04. The molecule has 9 nitrogen and oxygen atoms in total. The summed E-state index contributed by atoms with van der Waals surface area (Å²) in [5, 5.41) is 14.3. The number of urea groups is 1. The van der Waals surface area contributed by atoms with Gasteiger partial charge in [-0.1, -0.05) is 6.07 Å². The van der Waals surface area contributed by atoms with Crippen molar-refractivity contribution in [3.63, 3.8) is 0 Å². The lowest BCUT2D eigenvalue weighted by Crippen LogP contribution is -2.48. The van der Waals surface area contributed by atoms with E-state index in [2.05, 4.69) is 25.5 Å². The highest BCUT2D eigenvalue weighted by Gasteiger charge is 2.40. The Hall–Kier alpha value is -3.67. The molecule has 2 aromatic rings. The number of hydrogen-bond donors (Lipinski definition) is 2. The van der Waals surface area contributed by atoms with Gasteiger partial charge in [0.15, 0.2) is 5.82 Å². The van der Waals surface area contributed by atoms with Crippen LogP contribution in [-0.4, -0.2) is 47.1 Å². The van der Waals surface area contributed by atoms with Crippen LogP contribution < -0.4 is 20.4 Å². The van der Waals surface area contributed by atoms with Crippen molar-refractivity contribution in [1.29, 1.82) is 5.26 Å². The quantitative estimate of drug-likeness (QED) is 0.842. The molecule has 2 aliphatic heterocycles. The third kappa shape index (κ3) is 3.20. The molecule has 3 amide bonds. The maximum absolute atomic E-state index is 13.0. The van der Waals surface area contributed by atoms with Gasteiger partial charge in [-0.2, -0.15) is 5.26 Å². The summed E-state index contributed by atoms with van der Waals surface area (Å²) in [6.45, 7) is 3.14. The van der Waals surface area contributed by atoms with E-state index >= 15 is 0 Å². The molecule has 2 aromatic heterocycles. The highest BCUT2D eigenvalue weighted by molar-refractivity contribution is 6.05. The molecule has 2 unspecified atom stereocenters. The third-order valence-electron chi connectivity index (χ3n) is 4.84. The van der Waals surface area contributed by atoms with E-state index in [1.807, 2.05) is 6.07 Å². The number of anilines is 3. The minimum Gasteiger partial charge on any atom is -0.366 e. The Balaban J connectivity index is 1.66. The molecule has 2 aliphatic rings. The van der Waals surface area contributed by atoms with Crippen LogP contribution in [0, 0.1) is 11.3 Å². The fraction of sp³-hybridized carbons (Fsp3) is 0.316. The average Bonchev–Trinajstić information content (AvgIpc) is 3.12. The maximum Gasteiger partial charge on any atom is 0.329 e. The van der Waals surface area contributed by atoms with Crippen molar-refractivity contribution in [2.45, 2.75) is 25.4 Å². The second-order valence-corrected chi connectivity index (χ2v) is 6.77. The summed E-state index contributed by atoms with van der Waals surface area (Å²) in [5.41, 5.74) is 0.980. The highest BCUT2D eigenvalue weighted by atomic mass is 16.2. The predicted molar refractivity (Wildman–Crippen MR) is 103 cm³/mol.